The Morgan fingerprint density at radius 1 is 1.14 bits per heavy atom. The van der Waals surface area contributed by atoms with Crippen molar-refractivity contribution in [3.63, 3.8) is 0 Å². The van der Waals surface area contributed by atoms with Gasteiger partial charge in [-0.3, -0.25) is 4.90 Å². The average Bonchev–Trinajstić information content (AvgIpc) is 2.76. The predicted molar refractivity (Wildman–Crippen MR) is 58.1 cm³/mol. The number of likely N-dealkylation sites (tertiary alicyclic amines) is 1. The molecular formula is C12H22N2. The normalized spacial score (nSPS) is 41.8. The largest absolute Gasteiger partial charge is 0.328 e. The lowest BCUT2D eigenvalue weighted by Crippen LogP contribution is -2.41. The van der Waals surface area contributed by atoms with Crippen LogP contribution in [0.15, 0.2) is 0 Å². The first-order valence-corrected chi connectivity index (χ1v) is 6.27. The van der Waals surface area contributed by atoms with Crippen molar-refractivity contribution < 1.29 is 0 Å². The van der Waals surface area contributed by atoms with Crippen LogP contribution in [-0.4, -0.2) is 30.1 Å². The summed E-state index contributed by atoms with van der Waals surface area (Å²) in [7, 11) is 0. The third kappa shape index (κ3) is 1.59. The summed E-state index contributed by atoms with van der Waals surface area (Å²) < 4.78 is 0. The van der Waals surface area contributed by atoms with Crippen LogP contribution in [0.1, 0.15) is 44.9 Å². The van der Waals surface area contributed by atoms with Crippen molar-refractivity contribution in [2.45, 2.75) is 57.0 Å². The van der Waals surface area contributed by atoms with Crippen molar-refractivity contribution in [2.24, 2.45) is 11.1 Å². The number of hydrogen-bond donors (Lipinski definition) is 1. The number of hydrogen-bond acceptors (Lipinski definition) is 2. The molecule has 2 N–H and O–H groups in total. The molecule has 0 bridgehead atoms. The molecule has 0 amide bonds. The molecule has 0 aromatic carbocycles. The zero-order valence-corrected chi connectivity index (χ0v) is 9.04. The van der Waals surface area contributed by atoms with Crippen molar-refractivity contribution >= 4 is 0 Å². The fourth-order valence-electron chi connectivity index (χ4n) is 3.40. The number of nitrogens with zero attached hydrogens (tertiary/aromatic N) is 1. The first kappa shape index (κ1) is 9.17. The molecule has 1 spiro atoms. The van der Waals surface area contributed by atoms with Gasteiger partial charge in [-0.05, 0) is 50.5 Å². The molecule has 80 valence electrons. The summed E-state index contributed by atoms with van der Waals surface area (Å²) in [5, 5.41) is 0. The van der Waals surface area contributed by atoms with Gasteiger partial charge < -0.3 is 5.73 Å². The second-order valence-corrected chi connectivity index (χ2v) is 5.80. The topological polar surface area (TPSA) is 29.3 Å². The van der Waals surface area contributed by atoms with Crippen LogP contribution >= 0.6 is 0 Å². The van der Waals surface area contributed by atoms with E-state index in [4.69, 9.17) is 5.73 Å². The molecule has 3 fully saturated rings. The molecule has 1 saturated heterocycles. The lowest BCUT2D eigenvalue weighted by Gasteiger charge is -2.34. The molecule has 2 saturated carbocycles. The Balaban J connectivity index is 1.59. The second-order valence-electron chi connectivity index (χ2n) is 5.80. The highest BCUT2D eigenvalue weighted by Crippen LogP contribution is 2.53. The minimum absolute atomic E-state index is 0.490. The van der Waals surface area contributed by atoms with E-state index < -0.39 is 0 Å². The maximum Gasteiger partial charge on any atom is 0.0110 e. The molecule has 2 nitrogen and oxygen atoms in total. The molecule has 14 heavy (non-hydrogen) atoms. The molecule has 0 radical (unpaired) electrons. The van der Waals surface area contributed by atoms with Gasteiger partial charge in [-0.15, -0.1) is 0 Å². The molecule has 1 heterocycles. The van der Waals surface area contributed by atoms with Crippen LogP contribution in [-0.2, 0) is 0 Å². The monoisotopic (exact) mass is 194 g/mol. The minimum Gasteiger partial charge on any atom is -0.328 e. The summed E-state index contributed by atoms with van der Waals surface area (Å²) >= 11 is 0. The molecule has 2 atom stereocenters. The van der Waals surface area contributed by atoms with Crippen LogP contribution in [0.4, 0.5) is 0 Å². The van der Waals surface area contributed by atoms with Gasteiger partial charge in [0.2, 0.25) is 0 Å². The molecule has 2 heteroatoms. The fourth-order valence-corrected chi connectivity index (χ4v) is 3.40. The van der Waals surface area contributed by atoms with Gasteiger partial charge in [0.15, 0.2) is 0 Å². The Labute approximate surface area is 86.8 Å². The second kappa shape index (κ2) is 3.21. The Kier molecular flexibility index (Phi) is 2.10. The smallest absolute Gasteiger partial charge is 0.0110 e. The van der Waals surface area contributed by atoms with Crippen molar-refractivity contribution in [1.82, 2.24) is 4.90 Å². The van der Waals surface area contributed by atoms with Gasteiger partial charge in [0, 0.05) is 18.6 Å². The van der Waals surface area contributed by atoms with Gasteiger partial charge in [0.25, 0.3) is 0 Å². The standard InChI is InChI=1S/C12H22N2/c13-10-2-1-3-11(8-10)14-7-6-12(9-14)4-5-12/h10-11H,1-9,13H2. The highest BCUT2D eigenvalue weighted by Gasteiger charge is 2.48. The first-order valence-electron chi connectivity index (χ1n) is 6.27. The lowest BCUT2D eigenvalue weighted by molar-refractivity contribution is 0.172. The third-order valence-electron chi connectivity index (χ3n) is 4.63. The van der Waals surface area contributed by atoms with Crippen molar-refractivity contribution in [1.29, 1.82) is 0 Å². The van der Waals surface area contributed by atoms with Crippen molar-refractivity contribution in [3.05, 3.63) is 0 Å². The van der Waals surface area contributed by atoms with Crippen LogP contribution in [0, 0.1) is 5.41 Å². The summed E-state index contributed by atoms with van der Waals surface area (Å²) in [4.78, 5) is 2.74. The molecule has 0 aromatic heterocycles. The fraction of sp³-hybridized carbons (Fsp3) is 1.00. The van der Waals surface area contributed by atoms with E-state index >= 15 is 0 Å². The summed E-state index contributed by atoms with van der Waals surface area (Å²) in [6.45, 7) is 2.75. The number of rotatable bonds is 1. The summed E-state index contributed by atoms with van der Waals surface area (Å²) in [5.41, 5.74) is 6.84. The summed E-state index contributed by atoms with van der Waals surface area (Å²) in [5.74, 6) is 0. The maximum absolute atomic E-state index is 6.05. The Morgan fingerprint density at radius 3 is 2.64 bits per heavy atom. The Hall–Kier alpha value is -0.0800. The van der Waals surface area contributed by atoms with Gasteiger partial charge in [0.1, 0.15) is 0 Å². The SMILES string of the molecule is NC1CCCC(N2CCC3(CC3)C2)C1. The lowest BCUT2D eigenvalue weighted by atomic mass is 9.90. The predicted octanol–water partition coefficient (Wildman–Crippen LogP) is 1.74. The van der Waals surface area contributed by atoms with Gasteiger partial charge in [-0.25, -0.2) is 0 Å². The molecule has 2 unspecified atom stereocenters. The summed E-state index contributed by atoms with van der Waals surface area (Å²) in [6.07, 6.45) is 9.76. The van der Waals surface area contributed by atoms with Gasteiger partial charge in [-0.2, -0.15) is 0 Å². The Bertz CT molecular complexity index is 222. The van der Waals surface area contributed by atoms with Crippen LogP contribution < -0.4 is 5.73 Å². The van der Waals surface area contributed by atoms with E-state index in [0.717, 1.165) is 11.5 Å². The van der Waals surface area contributed by atoms with Crippen LogP contribution in [0.25, 0.3) is 0 Å². The minimum atomic E-state index is 0.490. The van der Waals surface area contributed by atoms with E-state index in [1.165, 1.54) is 58.0 Å². The highest BCUT2D eigenvalue weighted by molar-refractivity contribution is 5.02. The van der Waals surface area contributed by atoms with E-state index in [9.17, 15) is 0 Å². The summed E-state index contributed by atoms with van der Waals surface area (Å²) in [6, 6.07) is 1.32. The average molecular weight is 194 g/mol. The van der Waals surface area contributed by atoms with Crippen molar-refractivity contribution in [3.8, 4) is 0 Å². The first-order chi connectivity index (χ1) is 6.77. The van der Waals surface area contributed by atoms with Gasteiger partial charge >= 0.3 is 0 Å². The van der Waals surface area contributed by atoms with Gasteiger partial charge in [0.05, 0.1) is 0 Å². The maximum atomic E-state index is 6.05. The molecule has 3 aliphatic rings. The van der Waals surface area contributed by atoms with Crippen LogP contribution in [0.2, 0.25) is 0 Å². The molecular weight excluding hydrogens is 172 g/mol. The highest BCUT2D eigenvalue weighted by atomic mass is 15.2. The molecule has 0 aromatic rings. The zero-order valence-electron chi connectivity index (χ0n) is 9.04. The molecule has 1 aliphatic heterocycles. The third-order valence-corrected chi connectivity index (χ3v) is 4.63. The molecule has 3 rings (SSSR count). The zero-order chi connectivity index (χ0) is 9.60. The van der Waals surface area contributed by atoms with Crippen molar-refractivity contribution in [2.75, 3.05) is 13.1 Å². The van der Waals surface area contributed by atoms with E-state index in [0.29, 0.717) is 6.04 Å². The van der Waals surface area contributed by atoms with E-state index in [1.54, 1.807) is 0 Å². The molecule has 2 aliphatic carbocycles. The van der Waals surface area contributed by atoms with Gasteiger partial charge in [-0.1, -0.05) is 6.42 Å². The van der Waals surface area contributed by atoms with Crippen LogP contribution in [0.3, 0.4) is 0 Å². The van der Waals surface area contributed by atoms with Crippen LogP contribution in [0.5, 0.6) is 0 Å². The quantitative estimate of drug-likeness (QED) is 0.689. The van der Waals surface area contributed by atoms with E-state index in [-0.39, 0.29) is 0 Å². The number of nitrogens with two attached hydrogens (primary N) is 1. The van der Waals surface area contributed by atoms with E-state index in [1.807, 2.05) is 0 Å². The Morgan fingerprint density at radius 2 is 2.00 bits per heavy atom. The van der Waals surface area contributed by atoms with E-state index in [2.05, 4.69) is 4.90 Å².